The SMILES string of the molecule is C/C=C\C(C)=N/C=S. The summed E-state index contributed by atoms with van der Waals surface area (Å²) in [5.74, 6) is 0. The van der Waals surface area contributed by atoms with Crippen LogP contribution in [-0.4, -0.2) is 11.2 Å². The van der Waals surface area contributed by atoms with Crippen LogP contribution in [0.3, 0.4) is 0 Å². The predicted octanol–water partition coefficient (Wildman–Crippen LogP) is 1.98. The van der Waals surface area contributed by atoms with E-state index in [9.17, 15) is 0 Å². The second-order valence-electron chi connectivity index (χ2n) is 1.38. The maximum Gasteiger partial charge on any atom is 0.0900 e. The van der Waals surface area contributed by atoms with Crippen LogP contribution in [0, 0.1) is 0 Å². The lowest BCUT2D eigenvalue weighted by molar-refractivity contribution is 1.68. The molecule has 0 amide bonds. The Morgan fingerprint density at radius 3 is 2.62 bits per heavy atom. The largest absolute Gasteiger partial charge is 0.250 e. The topological polar surface area (TPSA) is 12.4 Å². The van der Waals surface area contributed by atoms with Crippen LogP contribution in [0.25, 0.3) is 0 Å². The lowest BCUT2D eigenvalue weighted by Crippen LogP contribution is -1.81. The van der Waals surface area contributed by atoms with Gasteiger partial charge in [0.25, 0.3) is 0 Å². The van der Waals surface area contributed by atoms with Crippen molar-refractivity contribution in [3.05, 3.63) is 12.2 Å². The normalized spacial score (nSPS) is 12.5. The molecule has 0 aliphatic carbocycles. The van der Waals surface area contributed by atoms with Crippen LogP contribution < -0.4 is 0 Å². The van der Waals surface area contributed by atoms with Crippen molar-refractivity contribution >= 4 is 23.4 Å². The Bertz CT molecular complexity index is 124. The van der Waals surface area contributed by atoms with Crippen molar-refractivity contribution in [3.8, 4) is 0 Å². The van der Waals surface area contributed by atoms with Gasteiger partial charge in [-0.2, -0.15) is 0 Å². The minimum absolute atomic E-state index is 0.947. The summed E-state index contributed by atoms with van der Waals surface area (Å²) in [5.41, 5.74) is 2.32. The third-order valence-corrected chi connectivity index (χ3v) is 0.770. The van der Waals surface area contributed by atoms with Crippen molar-refractivity contribution in [3.63, 3.8) is 0 Å². The van der Waals surface area contributed by atoms with E-state index >= 15 is 0 Å². The molecule has 0 unspecified atom stereocenters. The van der Waals surface area contributed by atoms with Crippen LogP contribution in [0.2, 0.25) is 0 Å². The monoisotopic (exact) mass is 127 g/mol. The van der Waals surface area contributed by atoms with Gasteiger partial charge in [-0.3, -0.25) is 4.99 Å². The Balaban J connectivity index is 3.79. The van der Waals surface area contributed by atoms with Gasteiger partial charge in [0.1, 0.15) is 0 Å². The van der Waals surface area contributed by atoms with Crippen LogP contribution in [-0.2, 0) is 0 Å². The molecular formula is C6H9NS. The van der Waals surface area contributed by atoms with Crippen LogP contribution >= 0.6 is 12.2 Å². The van der Waals surface area contributed by atoms with Gasteiger partial charge in [0.05, 0.1) is 5.49 Å². The summed E-state index contributed by atoms with van der Waals surface area (Å²) in [6, 6.07) is 0. The van der Waals surface area contributed by atoms with E-state index in [1.54, 1.807) is 0 Å². The van der Waals surface area contributed by atoms with Crippen molar-refractivity contribution in [2.45, 2.75) is 13.8 Å². The second-order valence-corrected chi connectivity index (χ2v) is 1.59. The van der Waals surface area contributed by atoms with Gasteiger partial charge >= 0.3 is 0 Å². The summed E-state index contributed by atoms with van der Waals surface area (Å²) in [4.78, 5) is 3.83. The maximum absolute atomic E-state index is 4.50. The highest BCUT2D eigenvalue weighted by Crippen LogP contribution is 1.77. The van der Waals surface area contributed by atoms with E-state index in [-0.39, 0.29) is 0 Å². The van der Waals surface area contributed by atoms with Crippen molar-refractivity contribution in [1.82, 2.24) is 0 Å². The summed E-state index contributed by atoms with van der Waals surface area (Å²) < 4.78 is 0. The van der Waals surface area contributed by atoms with Gasteiger partial charge in [-0.05, 0) is 19.9 Å². The van der Waals surface area contributed by atoms with Crippen molar-refractivity contribution in [2.24, 2.45) is 4.99 Å². The highest BCUT2D eigenvalue weighted by molar-refractivity contribution is 7.78. The molecule has 0 radical (unpaired) electrons. The van der Waals surface area contributed by atoms with E-state index in [0.717, 1.165) is 5.71 Å². The molecule has 0 rings (SSSR count). The van der Waals surface area contributed by atoms with E-state index < -0.39 is 0 Å². The van der Waals surface area contributed by atoms with Crippen LogP contribution in [0.4, 0.5) is 0 Å². The molecule has 0 saturated heterocycles. The van der Waals surface area contributed by atoms with Gasteiger partial charge in [-0.1, -0.05) is 18.3 Å². The number of hydrogen-bond donors (Lipinski definition) is 0. The molecule has 0 aliphatic rings. The van der Waals surface area contributed by atoms with E-state index in [1.807, 2.05) is 26.0 Å². The number of aliphatic imine (C=N–C) groups is 1. The highest BCUT2D eigenvalue weighted by Gasteiger charge is 1.74. The molecule has 8 heavy (non-hydrogen) atoms. The average molecular weight is 127 g/mol. The number of allylic oxidation sites excluding steroid dienone is 2. The van der Waals surface area contributed by atoms with Crippen molar-refractivity contribution < 1.29 is 0 Å². The van der Waals surface area contributed by atoms with Gasteiger partial charge in [-0.15, -0.1) is 0 Å². The molecule has 1 nitrogen and oxygen atoms in total. The first-order valence-corrected chi connectivity index (χ1v) is 2.89. The zero-order chi connectivity index (χ0) is 6.41. The fraction of sp³-hybridized carbons (Fsp3) is 0.333. The highest BCUT2D eigenvalue weighted by atomic mass is 32.1. The van der Waals surface area contributed by atoms with Crippen LogP contribution in [0.1, 0.15) is 13.8 Å². The van der Waals surface area contributed by atoms with Gasteiger partial charge in [0.2, 0.25) is 0 Å². The number of rotatable bonds is 2. The summed E-state index contributed by atoms with van der Waals surface area (Å²) in [7, 11) is 0. The number of nitrogens with zero attached hydrogens (tertiary/aromatic N) is 1. The number of thiocarbonyl (C=S) groups is 1. The third-order valence-electron chi connectivity index (χ3n) is 0.664. The summed E-state index contributed by atoms with van der Waals surface area (Å²) in [6.45, 7) is 3.85. The molecule has 0 aromatic heterocycles. The van der Waals surface area contributed by atoms with E-state index in [4.69, 9.17) is 0 Å². The lowest BCUT2D eigenvalue weighted by atomic mass is 10.4. The Hall–Kier alpha value is -0.500. The summed E-state index contributed by atoms with van der Waals surface area (Å²) >= 11 is 4.50. The van der Waals surface area contributed by atoms with Gasteiger partial charge in [-0.25, -0.2) is 0 Å². The predicted molar refractivity (Wildman–Crippen MR) is 41.6 cm³/mol. The first-order chi connectivity index (χ1) is 3.81. The standard InChI is InChI=1S/C6H9NS/c1-3-4-6(2)7-5-8/h3-5H,1-2H3/b4-3-,7-6-. The lowest BCUT2D eigenvalue weighted by Gasteiger charge is -1.81. The van der Waals surface area contributed by atoms with Crippen molar-refractivity contribution in [1.29, 1.82) is 0 Å². The molecule has 44 valence electrons. The van der Waals surface area contributed by atoms with E-state index in [1.165, 1.54) is 5.49 Å². The zero-order valence-corrected chi connectivity index (χ0v) is 5.90. The molecule has 0 spiro atoms. The second kappa shape index (κ2) is 4.65. The molecule has 0 bridgehead atoms. The first kappa shape index (κ1) is 7.50. The summed E-state index contributed by atoms with van der Waals surface area (Å²) in [6.07, 6.45) is 3.83. The van der Waals surface area contributed by atoms with Crippen molar-refractivity contribution in [2.75, 3.05) is 0 Å². The van der Waals surface area contributed by atoms with Gasteiger partial charge in [0.15, 0.2) is 0 Å². The zero-order valence-electron chi connectivity index (χ0n) is 5.09. The minimum Gasteiger partial charge on any atom is -0.250 e. The van der Waals surface area contributed by atoms with Gasteiger partial charge < -0.3 is 0 Å². The van der Waals surface area contributed by atoms with Crippen LogP contribution in [0.5, 0.6) is 0 Å². The smallest absolute Gasteiger partial charge is 0.0900 e. The Morgan fingerprint density at radius 2 is 2.25 bits per heavy atom. The van der Waals surface area contributed by atoms with E-state index in [0.29, 0.717) is 0 Å². The molecule has 0 fully saturated rings. The quantitative estimate of drug-likeness (QED) is 0.408. The molecule has 0 atom stereocenters. The molecule has 0 saturated carbocycles. The molecule has 0 heterocycles. The maximum atomic E-state index is 4.50. The molecule has 0 aromatic rings. The molecule has 0 aliphatic heterocycles. The Labute approximate surface area is 55.1 Å². The Morgan fingerprint density at radius 1 is 1.62 bits per heavy atom. The minimum atomic E-state index is 0.947. The fourth-order valence-corrected chi connectivity index (χ4v) is 0.534. The Kier molecular flexibility index (Phi) is 4.36. The molecule has 0 aromatic carbocycles. The molecule has 2 heteroatoms. The molecule has 0 N–H and O–H groups in total. The third kappa shape index (κ3) is 3.68. The van der Waals surface area contributed by atoms with Crippen LogP contribution in [0.15, 0.2) is 17.1 Å². The first-order valence-electron chi connectivity index (χ1n) is 2.42. The fourth-order valence-electron chi connectivity index (χ4n) is 0.367. The average Bonchev–Trinajstić information content (AvgIpc) is 1.68. The number of hydrogen-bond acceptors (Lipinski definition) is 1. The molecular weight excluding hydrogens is 118 g/mol. The van der Waals surface area contributed by atoms with E-state index in [2.05, 4.69) is 17.2 Å². The van der Waals surface area contributed by atoms with Gasteiger partial charge in [0, 0.05) is 5.71 Å². The summed E-state index contributed by atoms with van der Waals surface area (Å²) in [5, 5.41) is 0.